The van der Waals surface area contributed by atoms with Crippen LogP contribution in [0.15, 0.2) is 12.5 Å². The van der Waals surface area contributed by atoms with E-state index in [4.69, 9.17) is 17.3 Å². The van der Waals surface area contributed by atoms with Crippen molar-refractivity contribution in [3.8, 4) is 0 Å². The molecule has 1 aromatic rings. The highest BCUT2D eigenvalue weighted by Gasteiger charge is 2.24. The molecule has 1 fully saturated rings. The zero-order valence-electron chi connectivity index (χ0n) is 8.77. The molecule has 0 saturated carbocycles. The highest BCUT2D eigenvalue weighted by Crippen LogP contribution is 2.26. The summed E-state index contributed by atoms with van der Waals surface area (Å²) in [6.07, 6.45) is 4.57. The Labute approximate surface area is 98.6 Å². The average Bonchev–Trinajstić information content (AvgIpc) is 2.30. The van der Waals surface area contributed by atoms with E-state index in [1.807, 2.05) is 0 Å². The number of hydrogen-bond acceptors (Lipinski definition) is 4. The Kier molecular flexibility index (Phi) is 3.24. The first-order valence-electron chi connectivity index (χ1n) is 5.18. The van der Waals surface area contributed by atoms with E-state index in [9.17, 15) is 4.79 Å². The number of piperidine rings is 1. The molecule has 1 aromatic heterocycles. The minimum Gasteiger partial charge on any atom is -0.369 e. The van der Waals surface area contributed by atoms with Crippen molar-refractivity contribution in [2.24, 2.45) is 11.7 Å². The second kappa shape index (κ2) is 4.65. The molecule has 1 aliphatic heterocycles. The van der Waals surface area contributed by atoms with Crippen LogP contribution in [-0.4, -0.2) is 29.0 Å². The number of rotatable bonds is 2. The third kappa shape index (κ3) is 2.24. The molecule has 0 unspecified atom stereocenters. The minimum atomic E-state index is -0.214. The van der Waals surface area contributed by atoms with E-state index >= 15 is 0 Å². The van der Waals surface area contributed by atoms with E-state index in [1.54, 1.807) is 6.20 Å². The lowest BCUT2D eigenvalue weighted by atomic mass is 9.96. The lowest BCUT2D eigenvalue weighted by molar-refractivity contribution is -0.122. The van der Waals surface area contributed by atoms with Crippen LogP contribution in [0.2, 0.25) is 5.02 Å². The molecule has 1 saturated heterocycles. The number of halogens is 1. The normalized spacial score (nSPS) is 17.4. The van der Waals surface area contributed by atoms with Gasteiger partial charge < -0.3 is 10.6 Å². The summed E-state index contributed by atoms with van der Waals surface area (Å²) in [5.41, 5.74) is 5.27. The molecule has 6 heteroatoms. The SMILES string of the molecule is NC(=O)C1CCN(c2ncncc2Cl)CC1. The fourth-order valence-corrected chi connectivity index (χ4v) is 2.14. The summed E-state index contributed by atoms with van der Waals surface area (Å²) in [5.74, 6) is 0.505. The van der Waals surface area contributed by atoms with Gasteiger partial charge in [-0.25, -0.2) is 9.97 Å². The van der Waals surface area contributed by atoms with Crippen LogP contribution in [0.3, 0.4) is 0 Å². The van der Waals surface area contributed by atoms with E-state index < -0.39 is 0 Å². The number of carbonyl (C=O) groups excluding carboxylic acids is 1. The maximum Gasteiger partial charge on any atom is 0.220 e. The zero-order valence-corrected chi connectivity index (χ0v) is 9.52. The Morgan fingerprint density at radius 2 is 2.19 bits per heavy atom. The van der Waals surface area contributed by atoms with E-state index in [0.29, 0.717) is 5.02 Å². The van der Waals surface area contributed by atoms with Crippen LogP contribution in [0.1, 0.15) is 12.8 Å². The van der Waals surface area contributed by atoms with Crippen molar-refractivity contribution >= 4 is 23.3 Å². The first-order valence-corrected chi connectivity index (χ1v) is 5.56. The molecule has 5 nitrogen and oxygen atoms in total. The van der Waals surface area contributed by atoms with Crippen molar-refractivity contribution in [3.05, 3.63) is 17.5 Å². The average molecular weight is 241 g/mol. The minimum absolute atomic E-state index is 0.0168. The lowest BCUT2D eigenvalue weighted by Crippen LogP contribution is -2.39. The molecule has 1 aliphatic rings. The molecular weight excluding hydrogens is 228 g/mol. The molecule has 0 aromatic carbocycles. The van der Waals surface area contributed by atoms with Gasteiger partial charge in [0.2, 0.25) is 5.91 Å². The van der Waals surface area contributed by atoms with Crippen LogP contribution in [0.25, 0.3) is 0 Å². The molecule has 2 N–H and O–H groups in total. The quantitative estimate of drug-likeness (QED) is 0.831. The van der Waals surface area contributed by atoms with E-state index in [2.05, 4.69) is 14.9 Å². The summed E-state index contributed by atoms with van der Waals surface area (Å²) < 4.78 is 0. The van der Waals surface area contributed by atoms with Gasteiger partial charge in [-0.15, -0.1) is 0 Å². The first kappa shape index (κ1) is 11.1. The molecule has 86 valence electrons. The molecule has 1 amide bonds. The van der Waals surface area contributed by atoms with Crippen LogP contribution in [0.5, 0.6) is 0 Å². The summed E-state index contributed by atoms with van der Waals surface area (Å²) >= 11 is 6.00. The van der Waals surface area contributed by atoms with Crippen molar-refractivity contribution in [2.45, 2.75) is 12.8 Å². The highest BCUT2D eigenvalue weighted by molar-refractivity contribution is 6.32. The molecule has 2 rings (SSSR count). The van der Waals surface area contributed by atoms with Crippen molar-refractivity contribution in [1.82, 2.24) is 9.97 Å². The predicted octanol–water partition coefficient (Wildman–Crippen LogP) is 0.832. The maximum absolute atomic E-state index is 11.0. The molecular formula is C10H13ClN4O. The fourth-order valence-electron chi connectivity index (χ4n) is 1.91. The van der Waals surface area contributed by atoms with E-state index in [-0.39, 0.29) is 11.8 Å². The van der Waals surface area contributed by atoms with Gasteiger partial charge in [-0.2, -0.15) is 0 Å². The van der Waals surface area contributed by atoms with Crippen molar-refractivity contribution < 1.29 is 4.79 Å². The second-order valence-corrected chi connectivity index (χ2v) is 4.27. The summed E-state index contributed by atoms with van der Waals surface area (Å²) in [7, 11) is 0. The van der Waals surface area contributed by atoms with Crippen molar-refractivity contribution in [3.63, 3.8) is 0 Å². The number of hydrogen-bond donors (Lipinski definition) is 1. The summed E-state index contributed by atoms with van der Waals surface area (Å²) in [6.45, 7) is 1.51. The highest BCUT2D eigenvalue weighted by atomic mass is 35.5. The maximum atomic E-state index is 11.0. The van der Waals surface area contributed by atoms with Gasteiger partial charge >= 0.3 is 0 Å². The molecule has 0 aliphatic carbocycles. The van der Waals surface area contributed by atoms with Gasteiger partial charge in [-0.1, -0.05) is 11.6 Å². The third-order valence-electron chi connectivity index (χ3n) is 2.85. The summed E-state index contributed by atoms with van der Waals surface area (Å²) in [4.78, 5) is 21.1. The number of carbonyl (C=O) groups is 1. The van der Waals surface area contributed by atoms with Crippen LogP contribution in [0.4, 0.5) is 5.82 Å². The Bertz CT molecular complexity index is 390. The standard InChI is InChI=1S/C10H13ClN4O/c11-8-5-13-6-14-10(8)15-3-1-7(2-4-15)9(12)16/h5-7H,1-4H2,(H2,12,16). The largest absolute Gasteiger partial charge is 0.369 e. The molecule has 0 radical (unpaired) electrons. The number of nitrogens with zero attached hydrogens (tertiary/aromatic N) is 3. The van der Waals surface area contributed by atoms with Crippen LogP contribution >= 0.6 is 11.6 Å². The number of anilines is 1. The monoisotopic (exact) mass is 240 g/mol. The van der Waals surface area contributed by atoms with Crippen LogP contribution in [-0.2, 0) is 4.79 Å². The first-order chi connectivity index (χ1) is 7.68. The Hall–Kier alpha value is -1.36. The predicted molar refractivity (Wildman–Crippen MR) is 61.2 cm³/mol. The number of aromatic nitrogens is 2. The summed E-state index contributed by atoms with van der Waals surface area (Å²) in [5, 5.41) is 0.542. The Morgan fingerprint density at radius 3 is 2.75 bits per heavy atom. The number of primary amides is 1. The molecule has 0 atom stereocenters. The number of nitrogens with two attached hydrogens (primary N) is 1. The lowest BCUT2D eigenvalue weighted by Gasteiger charge is -2.31. The second-order valence-electron chi connectivity index (χ2n) is 3.86. The van der Waals surface area contributed by atoms with Gasteiger partial charge in [0.15, 0.2) is 5.82 Å². The topological polar surface area (TPSA) is 72.1 Å². The smallest absolute Gasteiger partial charge is 0.220 e. The van der Waals surface area contributed by atoms with E-state index in [0.717, 1.165) is 31.7 Å². The zero-order chi connectivity index (χ0) is 11.5. The van der Waals surface area contributed by atoms with Crippen molar-refractivity contribution in [2.75, 3.05) is 18.0 Å². The molecule has 16 heavy (non-hydrogen) atoms. The van der Waals surface area contributed by atoms with E-state index in [1.165, 1.54) is 6.33 Å². The van der Waals surface area contributed by atoms with Gasteiger partial charge in [0.05, 0.1) is 6.20 Å². The summed E-state index contributed by atoms with van der Waals surface area (Å²) in [6, 6.07) is 0. The molecule has 0 spiro atoms. The van der Waals surface area contributed by atoms with Gasteiger partial charge in [0.25, 0.3) is 0 Å². The van der Waals surface area contributed by atoms with Gasteiger partial charge in [-0.3, -0.25) is 4.79 Å². The van der Waals surface area contributed by atoms with Crippen LogP contribution < -0.4 is 10.6 Å². The molecule has 0 bridgehead atoms. The van der Waals surface area contributed by atoms with Crippen LogP contribution in [0, 0.1) is 5.92 Å². The Morgan fingerprint density at radius 1 is 1.50 bits per heavy atom. The number of amides is 1. The van der Waals surface area contributed by atoms with Gasteiger partial charge in [0, 0.05) is 19.0 Å². The third-order valence-corrected chi connectivity index (χ3v) is 3.11. The van der Waals surface area contributed by atoms with Crippen molar-refractivity contribution in [1.29, 1.82) is 0 Å². The Balaban J connectivity index is 2.05. The molecule has 2 heterocycles. The van der Waals surface area contributed by atoms with Gasteiger partial charge in [0.1, 0.15) is 11.3 Å². The fraction of sp³-hybridized carbons (Fsp3) is 0.500. The van der Waals surface area contributed by atoms with Gasteiger partial charge in [-0.05, 0) is 12.8 Å².